The van der Waals surface area contributed by atoms with Crippen LogP contribution in [-0.2, 0) is 0 Å². The third-order valence-corrected chi connectivity index (χ3v) is 4.38. The molecule has 0 fully saturated rings. The first-order valence-electron chi connectivity index (χ1n) is 8.32. The molecule has 3 atom stereocenters. The number of halogens is 7. The molecule has 27 heavy (non-hydrogen) atoms. The Labute approximate surface area is 154 Å². The highest BCUT2D eigenvalue weighted by atomic mass is 19.4. The van der Waals surface area contributed by atoms with Crippen LogP contribution in [0.5, 0.6) is 0 Å². The van der Waals surface area contributed by atoms with E-state index in [0.29, 0.717) is 24.0 Å². The monoisotopic (exact) mass is 403 g/mol. The van der Waals surface area contributed by atoms with Gasteiger partial charge in [-0.15, -0.1) is 13.2 Å². The van der Waals surface area contributed by atoms with Crippen molar-refractivity contribution in [3.63, 3.8) is 0 Å². The molecule has 1 N–H and O–H groups in total. The molecule has 2 nitrogen and oxygen atoms in total. The van der Waals surface area contributed by atoms with Gasteiger partial charge in [0.25, 0.3) is 0 Å². The van der Waals surface area contributed by atoms with E-state index in [2.05, 4.69) is 13.2 Å². The van der Waals surface area contributed by atoms with Gasteiger partial charge in [-0.05, 0) is 33.1 Å². The molecule has 0 radical (unpaired) electrons. The molecule has 0 aromatic carbocycles. The fourth-order valence-corrected chi connectivity index (χ4v) is 3.05. The Kier molecular flexibility index (Phi) is 7.32. The van der Waals surface area contributed by atoms with Crippen LogP contribution in [0.2, 0.25) is 0 Å². The molecular formula is C18H24F7NO. The van der Waals surface area contributed by atoms with Crippen molar-refractivity contribution in [2.45, 2.75) is 69.3 Å². The Balaban J connectivity index is 3.14. The molecule has 0 bridgehead atoms. The van der Waals surface area contributed by atoms with E-state index in [9.17, 15) is 35.8 Å². The molecular weight excluding hydrogens is 379 g/mol. The molecule has 1 heterocycles. The summed E-state index contributed by atoms with van der Waals surface area (Å²) in [5.74, 6) is -12.0. The molecule has 0 spiro atoms. The average molecular weight is 403 g/mol. The summed E-state index contributed by atoms with van der Waals surface area (Å²) >= 11 is 0. The van der Waals surface area contributed by atoms with Crippen LogP contribution in [0.1, 0.15) is 33.1 Å². The Morgan fingerprint density at radius 1 is 1.07 bits per heavy atom. The molecule has 156 valence electrons. The van der Waals surface area contributed by atoms with Crippen LogP contribution in [0, 0.1) is 0 Å². The molecule has 0 unspecified atom stereocenters. The predicted octanol–water partition coefficient (Wildman–Crippen LogP) is 5.11. The number of aliphatic hydroxyl groups is 1. The molecule has 0 amide bonds. The maximum Gasteiger partial charge on any atom is 0.459 e. The van der Waals surface area contributed by atoms with Crippen LogP contribution in [0.3, 0.4) is 0 Å². The summed E-state index contributed by atoms with van der Waals surface area (Å²) in [6, 6.07) is -1.01. The first-order valence-corrected chi connectivity index (χ1v) is 8.32. The van der Waals surface area contributed by atoms with Gasteiger partial charge in [-0.25, -0.2) is 0 Å². The molecule has 9 heteroatoms. The van der Waals surface area contributed by atoms with Gasteiger partial charge in [0.05, 0.1) is 0 Å². The lowest BCUT2D eigenvalue weighted by Crippen LogP contribution is -2.61. The SMILES string of the molecule is C=C(C)C[C@@H]1CC=C[C@@H](CC(=C)C)N1C[C@H](O)C(F)(F)C(F)(F)C(F)(F)F. The molecule has 0 aliphatic carbocycles. The lowest BCUT2D eigenvalue weighted by atomic mass is 9.92. The van der Waals surface area contributed by atoms with Gasteiger partial charge in [-0.3, -0.25) is 4.90 Å². The summed E-state index contributed by atoms with van der Waals surface area (Å²) in [4.78, 5) is 1.33. The van der Waals surface area contributed by atoms with Crippen molar-refractivity contribution in [1.29, 1.82) is 0 Å². The summed E-state index contributed by atoms with van der Waals surface area (Å²) in [7, 11) is 0. The normalized spacial score (nSPS) is 23.3. The van der Waals surface area contributed by atoms with E-state index in [-0.39, 0.29) is 6.42 Å². The number of nitrogens with zero attached hydrogens (tertiary/aromatic N) is 1. The van der Waals surface area contributed by atoms with Crippen LogP contribution >= 0.6 is 0 Å². The fourth-order valence-electron chi connectivity index (χ4n) is 3.05. The van der Waals surface area contributed by atoms with Crippen molar-refractivity contribution >= 4 is 0 Å². The van der Waals surface area contributed by atoms with Crippen LogP contribution in [0.25, 0.3) is 0 Å². The van der Waals surface area contributed by atoms with E-state index in [4.69, 9.17) is 0 Å². The second-order valence-electron chi connectivity index (χ2n) is 7.12. The maximum atomic E-state index is 13.8. The van der Waals surface area contributed by atoms with Crippen molar-refractivity contribution in [1.82, 2.24) is 4.90 Å². The lowest BCUT2D eigenvalue weighted by molar-refractivity contribution is -0.371. The Morgan fingerprint density at radius 3 is 2.04 bits per heavy atom. The van der Waals surface area contributed by atoms with E-state index in [1.54, 1.807) is 26.0 Å². The molecule has 1 rings (SSSR count). The minimum Gasteiger partial charge on any atom is -0.385 e. The van der Waals surface area contributed by atoms with Crippen molar-refractivity contribution < 1.29 is 35.8 Å². The topological polar surface area (TPSA) is 23.5 Å². The second kappa shape index (κ2) is 8.34. The molecule has 1 aliphatic rings. The smallest absolute Gasteiger partial charge is 0.385 e. The van der Waals surface area contributed by atoms with Crippen molar-refractivity contribution in [3.05, 3.63) is 36.5 Å². The summed E-state index contributed by atoms with van der Waals surface area (Å²) in [6.07, 6.45) is -5.27. The van der Waals surface area contributed by atoms with E-state index in [0.717, 1.165) is 0 Å². The Hall–Kier alpha value is -1.35. The second-order valence-corrected chi connectivity index (χ2v) is 7.12. The minimum atomic E-state index is -6.48. The third-order valence-electron chi connectivity index (χ3n) is 4.38. The van der Waals surface area contributed by atoms with Crippen molar-refractivity contribution in [3.8, 4) is 0 Å². The van der Waals surface area contributed by atoms with E-state index in [1.807, 2.05) is 0 Å². The van der Waals surface area contributed by atoms with Gasteiger partial charge in [-0.1, -0.05) is 23.3 Å². The number of hydrogen-bond acceptors (Lipinski definition) is 2. The summed E-state index contributed by atoms with van der Waals surface area (Å²) in [5.41, 5.74) is 1.36. The Bertz CT molecular complexity index is 583. The Morgan fingerprint density at radius 2 is 1.59 bits per heavy atom. The standard InChI is InChI=1S/C18H24F7NO/c1-11(2)8-13-6-5-7-14(9-12(3)4)26(13)10-15(27)16(19,20)17(21,22)18(23,24)25/h5-6,13-15,27H,1,3,7-10H2,2,4H3/t13-,14-,15-/m0/s1. The fraction of sp³-hybridized carbons (Fsp3) is 0.667. The highest BCUT2D eigenvalue weighted by Crippen LogP contribution is 2.48. The first-order chi connectivity index (χ1) is 12.1. The predicted molar refractivity (Wildman–Crippen MR) is 88.9 cm³/mol. The van der Waals surface area contributed by atoms with Crippen LogP contribution in [0.4, 0.5) is 30.7 Å². The number of aliphatic hydroxyl groups excluding tert-OH is 1. The molecule has 0 aromatic rings. The number of alkyl halides is 7. The zero-order chi connectivity index (χ0) is 21.2. The zero-order valence-electron chi connectivity index (χ0n) is 15.2. The highest BCUT2D eigenvalue weighted by Gasteiger charge is 2.75. The molecule has 1 aliphatic heterocycles. The number of rotatable bonds is 8. The largest absolute Gasteiger partial charge is 0.459 e. The average Bonchev–Trinajstić information content (AvgIpc) is 2.47. The van der Waals surface area contributed by atoms with Gasteiger partial charge >= 0.3 is 18.0 Å². The zero-order valence-corrected chi connectivity index (χ0v) is 15.2. The summed E-state index contributed by atoms with van der Waals surface area (Å²) in [6.45, 7) is 9.76. The van der Waals surface area contributed by atoms with Crippen molar-refractivity contribution in [2.75, 3.05) is 6.54 Å². The van der Waals surface area contributed by atoms with Gasteiger partial charge < -0.3 is 5.11 Å². The summed E-state index contributed by atoms with van der Waals surface area (Å²) < 4.78 is 91.2. The number of hydrogen-bond donors (Lipinski definition) is 1. The quantitative estimate of drug-likeness (QED) is 0.450. The maximum absolute atomic E-state index is 13.8. The van der Waals surface area contributed by atoms with Crippen molar-refractivity contribution in [2.24, 2.45) is 0 Å². The van der Waals surface area contributed by atoms with Crippen LogP contribution < -0.4 is 0 Å². The van der Waals surface area contributed by atoms with E-state index in [1.165, 1.54) is 4.90 Å². The van der Waals surface area contributed by atoms with E-state index >= 15 is 0 Å². The van der Waals surface area contributed by atoms with Crippen LogP contribution in [0.15, 0.2) is 36.5 Å². The lowest BCUT2D eigenvalue weighted by Gasteiger charge is -2.42. The van der Waals surface area contributed by atoms with Gasteiger partial charge in [-0.2, -0.15) is 30.7 Å². The van der Waals surface area contributed by atoms with Gasteiger partial charge in [0.1, 0.15) is 6.10 Å². The molecule has 0 saturated carbocycles. The highest BCUT2D eigenvalue weighted by molar-refractivity contribution is 5.11. The first kappa shape index (κ1) is 23.7. The van der Waals surface area contributed by atoms with Gasteiger partial charge in [0.15, 0.2) is 0 Å². The van der Waals surface area contributed by atoms with Gasteiger partial charge in [0, 0.05) is 18.6 Å². The van der Waals surface area contributed by atoms with Crippen LogP contribution in [-0.4, -0.2) is 52.8 Å². The third kappa shape index (κ3) is 5.34. The summed E-state index contributed by atoms with van der Waals surface area (Å²) in [5, 5.41) is 9.69. The minimum absolute atomic E-state index is 0.289. The number of β-amino-alcohol motifs (C(OH)–C–C–N with tert-alkyl or cyclic N) is 1. The van der Waals surface area contributed by atoms with Gasteiger partial charge in [0.2, 0.25) is 0 Å². The van der Waals surface area contributed by atoms with E-state index < -0.39 is 42.8 Å². The molecule has 0 saturated heterocycles. The molecule has 0 aromatic heterocycles.